The Balaban J connectivity index is 0.00000484. The van der Waals surface area contributed by atoms with Crippen LogP contribution in [0.2, 0.25) is 0 Å². The van der Waals surface area contributed by atoms with E-state index in [1.807, 2.05) is 30.3 Å². The highest BCUT2D eigenvalue weighted by Crippen LogP contribution is 2.03. The number of benzene rings is 1. The molecule has 0 aliphatic rings. The van der Waals surface area contributed by atoms with Gasteiger partial charge in [0.2, 0.25) is 5.91 Å². The molecule has 3 N–H and O–H groups in total. The van der Waals surface area contributed by atoms with Crippen molar-refractivity contribution in [2.45, 2.75) is 39.0 Å². The van der Waals surface area contributed by atoms with Crippen molar-refractivity contribution in [3.05, 3.63) is 35.9 Å². The van der Waals surface area contributed by atoms with Gasteiger partial charge in [-0.15, -0.1) is 12.4 Å². The predicted molar refractivity (Wildman–Crippen MR) is 90.2 cm³/mol. The largest absolute Gasteiger partial charge is 0.464 e. The molecule has 0 heterocycles. The SMILES string of the molecule is CCOC(=O)C(COCc1ccccc1)NC(=O)C(C)(C)N.Cl. The van der Waals surface area contributed by atoms with E-state index in [9.17, 15) is 9.59 Å². The zero-order valence-corrected chi connectivity index (χ0v) is 14.5. The lowest BCUT2D eigenvalue weighted by Crippen LogP contribution is -2.55. The summed E-state index contributed by atoms with van der Waals surface area (Å²) in [6.07, 6.45) is 0. The fraction of sp³-hybridized carbons (Fsp3) is 0.500. The average molecular weight is 345 g/mol. The Kier molecular flexibility index (Phi) is 9.48. The van der Waals surface area contributed by atoms with E-state index in [4.69, 9.17) is 15.2 Å². The first-order valence-electron chi connectivity index (χ1n) is 7.22. The third kappa shape index (κ3) is 7.97. The third-order valence-corrected chi connectivity index (χ3v) is 2.86. The molecule has 1 aromatic carbocycles. The maximum absolute atomic E-state index is 11.9. The molecule has 0 aliphatic carbocycles. The van der Waals surface area contributed by atoms with Gasteiger partial charge in [0.25, 0.3) is 0 Å². The molecular weight excluding hydrogens is 320 g/mol. The van der Waals surface area contributed by atoms with Gasteiger partial charge in [0.1, 0.15) is 0 Å². The van der Waals surface area contributed by atoms with Crippen molar-refractivity contribution in [1.82, 2.24) is 5.32 Å². The molecule has 0 bridgehead atoms. The van der Waals surface area contributed by atoms with Crippen LogP contribution in [0.3, 0.4) is 0 Å². The van der Waals surface area contributed by atoms with Crippen molar-refractivity contribution < 1.29 is 19.1 Å². The van der Waals surface area contributed by atoms with Gasteiger partial charge in [-0.2, -0.15) is 0 Å². The summed E-state index contributed by atoms with van der Waals surface area (Å²) in [6, 6.07) is 8.68. The Bertz CT molecular complexity index is 489. The molecule has 23 heavy (non-hydrogen) atoms. The van der Waals surface area contributed by atoms with Gasteiger partial charge in [0.15, 0.2) is 6.04 Å². The molecule has 1 rings (SSSR count). The van der Waals surface area contributed by atoms with Gasteiger partial charge in [-0.3, -0.25) is 4.79 Å². The molecule has 0 aromatic heterocycles. The smallest absolute Gasteiger partial charge is 0.331 e. The predicted octanol–water partition coefficient (Wildman–Crippen LogP) is 1.41. The van der Waals surface area contributed by atoms with E-state index in [1.54, 1.807) is 20.8 Å². The number of amides is 1. The van der Waals surface area contributed by atoms with Crippen LogP contribution in [0.5, 0.6) is 0 Å². The maximum atomic E-state index is 11.9. The summed E-state index contributed by atoms with van der Waals surface area (Å²) in [6.45, 7) is 5.43. The van der Waals surface area contributed by atoms with Crippen LogP contribution in [0.25, 0.3) is 0 Å². The van der Waals surface area contributed by atoms with E-state index < -0.39 is 23.5 Å². The minimum atomic E-state index is -1.08. The first-order chi connectivity index (χ1) is 10.3. The van der Waals surface area contributed by atoms with Crippen LogP contribution in [0.4, 0.5) is 0 Å². The topological polar surface area (TPSA) is 90.6 Å². The molecule has 1 aromatic rings. The molecule has 0 aliphatic heterocycles. The Morgan fingerprint density at radius 2 is 1.87 bits per heavy atom. The summed E-state index contributed by atoms with van der Waals surface area (Å²) in [4.78, 5) is 23.8. The highest BCUT2D eigenvalue weighted by Gasteiger charge is 2.28. The molecule has 0 saturated heterocycles. The fourth-order valence-corrected chi connectivity index (χ4v) is 1.62. The molecule has 1 atom stereocenters. The molecule has 130 valence electrons. The summed E-state index contributed by atoms with van der Waals surface area (Å²) < 4.78 is 10.5. The second-order valence-electron chi connectivity index (χ2n) is 5.50. The standard InChI is InChI=1S/C16H24N2O4.ClH/c1-4-22-14(19)13(18-15(20)16(2,3)17)11-21-10-12-8-6-5-7-9-12;/h5-9,13H,4,10-11,17H2,1-3H3,(H,18,20);1H. The molecular formula is C16H25ClN2O4. The number of nitrogens with two attached hydrogens (primary N) is 1. The van der Waals surface area contributed by atoms with E-state index in [1.165, 1.54) is 0 Å². The molecule has 0 radical (unpaired) electrons. The first kappa shape index (κ1) is 21.4. The monoisotopic (exact) mass is 344 g/mol. The van der Waals surface area contributed by atoms with Crippen LogP contribution in [0, 0.1) is 0 Å². The summed E-state index contributed by atoms with van der Waals surface area (Å²) in [5.74, 6) is -0.970. The number of halogens is 1. The van der Waals surface area contributed by atoms with Gasteiger partial charge in [-0.1, -0.05) is 30.3 Å². The number of esters is 1. The van der Waals surface area contributed by atoms with Crippen molar-refractivity contribution in [1.29, 1.82) is 0 Å². The number of ether oxygens (including phenoxy) is 2. The van der Waals surface area contributed by atoms with Crippen LogP contribution in [-0.4, -0.2) is 36.7 Å². The number of hydrogen-bond acceptors (Lipinski definition) is 5. The Morgan fingerprint density at radius 1 is 1.26 bits per heavy atom. The molecule has 0 saturated carbocycles. The summed E-state index contributed by atoms with van der Waals surface area (Å²) in [5, 5.41) is 2.56. The molecule has 1 amide bonds. The zero-order chi connectivity index (χ0) is 16.6. The number of carbonyl (C=O) groups is 2. The van der Waals surface area contributed by atoms with Gasteiger partial charge in [-0.05, 0) is 26.3 Å². The van der Waals surface area contributed by atoms with E-state index in [0.29, 0.717) is 6.61 Å². The molecule has 0 spiro atoms. The first-order valence-corrected chi connectivity index (χ1v) is 7.22. The van der Waals surface area contributed by atoms with Crippen molar-refractivity contribution in [3.63, 3.8) is 0 Å². The van der Waals surface area contributed by atoms with Gasteiger partial charge in [-0.25, -0.2) is 4.79 Å². The highest BCUT2D eigenvalue weighted by molar-refractivity contribution is 5.89. The normalized spacial score (nSPS) is 12.0. The lowest BCUT2D eigenvalue weighted by atomic mass is 10.1. The van der Waals surface area contributed by atoms with Crippen molar-refractivity contribution >= 4 is 24.3 Å². The lowest BCUT2D eigenvalue weighted by Gasteiger charge is -2.23. The molecule has 7 heteroatoms. The minimum absolute atomic E-state index is 0. The molecule has 0 fully saturated rings. The summed E-state index contributed by atoms with van der Waals surface area (Å²) >= 11 is 0. The second-order valence-corrected chi connectivity index (χ2v) is 5.50. The average Bonchev–Trinajstić information content (AvgIpc) is 2.46. The van der Waals surface area contributed by atoms with E-state index >= 15 is 0 Å². The van der Waals surface area contributed by atoms with Crippen molar-refractivity contribution in [3.8, 4) is 0 Å². The summed E-state index contributed by atoms with van der Waals surface area (Å²) in [7, 11) is 0. The van der Waals surface area contributed by atoms with Crippen LogP contribution in [0.1, 0.15) is 26.3 Å². The third-order valence-electron chi connectivity index (χ3n) is 2.86. The van der Waals surface area contributed by atoms with Crippen LogP contribution < -0.4 is 11.1 Å². The minimum Gasteiger partial charge on any atom is -0.464 e. The van der Waals surface area contributed by atoms with Crippen molar-refractivity contribution in [2.24, 2.45) is 5.73 Å². The van der Waals surface area contributed by atoms with E-state index in [0.717, 1.165) is 5.56 Å². The van der Waals surface area contributed by atoms with E-state index in [-0.39, 0.29) is 25.6 Å². The number of rotatable bonds is 8. The van der Waals surface area contributed by atoms with Crippen LogP contribution in [0.15, 0.2) is 30.3 Å². The van der Waals surface area contributed by atoms with Crippen LogP contribution >= 0.6 is 12.4 Å². The Morgan fingerprint density at radius 3 is 2.39 bits per heavy atom. The van der Waals surface area contributed by atoms with Gasteiger partial charge in [0, 0.05) is 0 Å². The molecule has 1 unspecified atom stereocenters. The fourth-order valence-electron chi connectivity index (χ4n) is 1.62. The second kappa shape index (κ2) is 10.2. The summed E-state index contributed by atoms with van der Waals surface area (Å²) in [5.41, 5.74) is 5.62. The van der Waals surface area contributed by atoms with Gasteiger partial charge in [0.05, 0.1) is 25.4 Å². The van der Waals surface area contributed by atoms with E-state index in [2.05, 4.69) is 5.32 Å². The number of carbonyl (C=O) groups excluding carboxylic acids is 2. The van der Waals surface area contributed by atoms with Crippen molar-refractivity contribution in [2.75, 3.05) is 13.2 Å². The maximum Gasteiger partial charge on any atom is 0.331 e. The highest BCUT2D eigenvalue weighted by atomic mass is 35.5. The Hall–Kier alpha value is -1.63. The van der Waals surface area contributed by atoms with Crippen LogP contribution in [-0.2, 0) is 25.7 Å². The molecule has 6 nitrogen and oxygen atoms in total. The van der Waals surface area contributed by atoms with Gasteiger partial charge >= 0.3 is 5.97 Å². The quantitative estimate of drug-likeness (QED) is 0.696. The zero-order valence-electron chi connectivity index (χ0n) is 13.7. The number of hydrogen-bond donors (Lipinski definition) is 2. The lowest BCUT2D eigenvalue weighted by molar-refractivity contribution is -0.149. The number of nitrogens with one attached hydrogen (secondary N) is 1. The van der Waals surface area contributed by atoms with Gasteiger partial charge < -0.3 is 20.5 Å². The Labute approximate surface area is 143 Å².